The highest BCUT2D eigenvalue weighted by molar-refractivity contribution is 5.92. The Balaban J connectivity index is 1.50. The van der Waals surface area contributed by atoms with Gasteiger partial charge in [0.05, 0.1) is 18.6 Å². The molecule has 2 aliphatic rings. The third kappa shape index (κ3) is 5.19. The maximum atomic E-state index is 12.5. The number of nitrogens with two attached hydrogens (primary N) is 1. The van der Waals surface area contributed by atoms with E-state index in [1.807, 2.05) is 29.2 Å². The molecule has 0 aromatic heterocycles. The zero-order valence-electron chi connectivity index (χ0n) is 14.6. The van der Waals surface area contributed by atoms with Gasteiger partial charge in [-0.15, -0.1) is 0 Å². The van der Waals surface area contributed by atoms with E-state index in [-0.39, 0.29) is 24.3 Å². The molecule has 1 aliphatic carbocycles. The summed E-state index contributed by atoms with van der Waals surface area (Å²) < 4.78 is 5.94. The third-order valence-electron chi connectivity index (χ3n) is 4.98. The number of nitrogens with zero attached hydrogens (tertiary/aromatic N) is 1. The van der Waals surface area contributed by atoms with E-state index in [1.54, 1.807) is 0 Å². The summed E-state index contributed by atoms with van der Waals surface area (Å²) in [5.41, 5.74) is 6.02. The smallest absolute Gasteiger partial charge is 0.231 e. The summed E-state index contributed by atoms with van der Waals surface area (Å²) >= 11 is 0. The lowest BCUT2D eigenvalue weighted by Gasteiger charge is -2.30. The molecular weight excluding hydrogens is 318 g/mol. The number of carbonyl (C=O) groups excluding carboxylic acids is 2. The molecule has 0 radical (unpaired) electrons. The van der Waals surface area contributed by atoms with Crippen molar-refractivity contribution in [3.8, 4) is 5.75 Å². The Morgan fingerprint density at radius 3 is 2.52 bits per heavy atom. The standard InChI is InChI=1S/C19H27N3O3/c20-18(23)13-22-11-3-4-14(12-22)19(24)21-15-7-9-17(10-8-15)25-16-5-1-2-6-16/h7-10,14,16H,1-6,11-13H2,(H2,20,23)(H,21,24)/t14-/m1/s1. The van der Waals surface area contributed by atoms with Crippen LogP contribution in [0.15, 0.2) is 24.3 Å². The summed E-state index contributed by atoms with van der Waals surface area (Å²) in [4.78, 5) is 25.5. The van der Waals surface area contributed by atoms with Crippen molar-refractivity contribution in [3.05, 3.63) is 24.3 Å². The summed E-state index contributed by atoms with van der Waals surface area (Å²) in [6, 6.07) is 7.58. The second kappa shape index (κ2) is 8.34. The van der Waals surface area contributed by atoms with E-state index in [4.69, 9.17) is 10.5 Å². The topological polar surface area (TPSA) is 84.7 Å². The summed E-state index contributed by atoms with van der Waals surface area (Å²) in [6.45, 7) is 1.62. The molecule has 6 heteroatoms. The van der Waals surface area contributed by atoms with Gasteiger partial charge in [0.1, 0.15) is 5.75 Å². The lowest BCUT2D eigenvalue weighted by Crippen LogP contribution is -2.44. The largest absolute Gasteiger partial charge is 0.490 e. The number of piperidine rings is 1. The highest BCUT2D eigenvalue weighted by atomic mass is 16.5. The Hall–Kier alpha value is -2.08. The fourth-order valence-corrected chi connectivity index (χ4v) is 3.69. The van der Waals surface area contributed by atoms with Crippen LogP contribution in [0.1, 0.15) is 38.5 Å². The molecular formula is C19H27N3O3. The number of carbonyl (C=O) groups is 2. The lowest BCUT2D eigenvalue weighted by atomic mass is 9.97. The molecule has 1 aliphatic heterocycles. The van der Waals surface area contributed by atoms with Crippen LogP contribution in [0.2, 0.25) is 0 Å². The van der Waals surface area contributed by atoms with Crippen LogP contribution in [0.3, 0.4) is 0 Å². The minimum absolute atomic E-state index is 0.00127. The maximum Gasteiger partial charge on any atom is 0.231 e. The van der Waals surface area contributed by atoms with Gasteiger partial charge in [-0.3, -0.25) is 14.5 Å². The Labute approximate surface area is 148 Å². The van der Waals surface area contributed by atoms with Gasteiger partial charge in [-0.1, -0.05) is 0 Å². The van der Waals surface area contributed by atoms with Gasteiger partial charge in [-0.05, 0) is 69.3 Å². The molecule has 1 aromatic rings. The molecule has 1 heterocycles. The first-order valence-electron chi connectivity index (χ1n) is 9.18. The van der Waals surface area contributed by atoms with Crippen LogP contribution in [0.4, 0.5) is 5.69 Å². The molecule has 1 saturated carbocycles. The van der Waals surface area contributed by atoms with E-state index in [0.717, 1.165) is 43.7 Å². The molecule has 2 amide bonds. The van der Waals surface area contributed by atoms with E-state index >= 15 is 0 Å². The van der Waals surface area contributed by atoms with Gasteiger partial charge in [0, 0.05) is 12.2 Å². The van der Waals surface area contributed by atoms with E-state index in [1.165, 1.54) is 12.8 Å². The van der Waals surface area contributed by atoms with Crippen LogP contribution in [0, 0.1) is 5.92 Å². The lowest BCUT2D eigenvalue weighted by molar-refractivity contribution is -0.124. The van der Waals surface area contributed by atoms with E-state index < -0.39 is 0 Å². The van der Waals surface area contributed by atoms with Crippen molar-refractivity contribution in [2.75, 3.05) is 25.0 Å². The highest BCUT2D eigenvalue weighted by Gasteiger charge is 2.26. The Bertz CT molecular complexity index is 596. The fraction of sp³-hybridized carbons (Fsp3) is 0.579. The van der Waals surface area contributed by atoms with Crippen molar-refractivity contribution in [2.24, 2.45) is 11.7 Å². The maximum absolute atomic E-state index is 12.5. The van der Waals surface area contributed by atoms with Crippen LogP contribution in [-0.2, 0) is 9.59 Å². The number of rotatable bonds is 6. The number of benzene rings is 1. The van der Waals surface area contributed by atoms with Crippen LogP contribution in [0.25, 0.3) is 0 Å². The predicted molar refractivity (Wildman–Crippen MR) is 96.3 cm³/mol. The number of ether oxygens (including phenoxy) is 1. The number of nitrogens with one attached hydrogen (secondary N) is 1. The van der Waals surface area contributed by atoms with Crippen molar-refractivity contribution in [1.29, 1.82) is 0 Å². The van der Waals surface area contributed by atoms with Crippen LogP contribution < -0.4 is 15.8 Å². The minimum atomic E-state index is -0.348. The van der Waals surface area contributed by atoms with Crippen LogP contribution in [0.5, 0.6) is 5.75 Å². The molecule has 25 heavy (non-hydrogen) atoms. The van der Waals surface area contributed by atoms with Crippen LogP contribution in [-0.4, -0.2) is 42.5 Å². The SMILES string of the molecule is NC(=O)CN1CCC[C@@H](C(=O)Nc2ccc(OC3CCCC3)cc2)C1. The zero-order valence-corrected chi connectivity index (χ0v) is 14.6. The summed E-state index contributed by atoms with van der Waals surface area (Å²) in [6.07, 6.45) is 6.81. The van der Waals surface area contributed by atoms with Crippen LogP contribution >= 0.6 is 0 Å². The van der Waals surface area contributed by atoms with Crippen molar-refractivity contribution < 1.29 is 14.3 Å². The normalized spacial score (nSPS) is 21.8. The van der Waals surface area contributed by atoms with E-state index in [9.17, 15) is 9.59 Å². The van der Waals surface area contributed by atoms with Crippen molar-refractivity contribution >= 4 is 17.5 Å². The van der Waals surface area contributed by atoms with Crippen molar-refractivity contribution in [1.82, 2.24) is 4.90 Å². The molecule has 1 atom stereocenters. The Kier molecular flexibility index (Phi) is 5.91. The quantitative estimate of drug-likeness (QED) is 0.827. The first kappa shape index (κ1) is 17.7. The second-order valence-electron chi connectivity index (χ2n) is 7.08. The number of primary amides is 1. The summed E-state index contributed by atoms with van der Waals surface area (Å²) in [7, 11) is 0. The molecule has 0 bridgehead atoms. The van der Waals surface area contributed by atoms with E-state index in [2.05, 4.69) is 5.32 Å². The molecule has 0 spiro atoms. The number of likely N-dealkylation sites (tertiary alicyclic amines) is 1. The average molecular weight is 345 g/mol. The molecule has 6 nitrogen and oxygen atoms in total. The number of anilines is 1. The molecule has 0 unspecified atom stereocenters. The number of hydrogen-bond donors (Lipinski definition) is 2. The van der Waals surface area contributed by atoms with E-state index in [0.29, 0.717) is 12.6 Å². The van der Waals surface area contributed by atoms with Gasteiger partial charge >= 0.3 is 0 Å². The fourth-order valence-electron chi connectivity index (χ4n) is 3.69. The van der Waals surface area contributed by atoms with Gasteiger partial charge in [0.25, 0.3) is 0 Å². The van der Waals surface area contributed by atoms with Gasteiger partial charge in [0.2, 0.25) is 11.8 Å². The highest BCUT2D eigenvalue weighted by Crippen LogP contribution is 2.25. The van der Waals surface area contributed by atoms with Crippen molar-refractivity contribution in [2.45, 2.75) is 44.6 Å². The first-order valence-corrected chi connectivity index (χ1v) is 9.18. The Morgan fingerprint density at radius 1 is 1.12 bits per heavy atom. The number of hydrogen-bond acceptors (Lipinski definition) is 4. The summed E-state index contributed by atoms with van der Waals surface area (Å²) in [5, 5.41) is 2.97. The van der Waals surface area contributed by atoms with Gasteiger partial charge in [-0.25, -0.2) is 0 Å². The second-order valence-corrected chi connectivity index (χ2v) is 7.08. The van der Waals surface area contributed by atoms with Gasteiger partial charge < -0.3 is 15.8 Å². The number of amides is 2. The van der Waals surface area contributed by atoms with Gasteiger partial charge in [-0.2, -0.15) is 0 Å². The zero-order chi connectivity index (χ0) is 17.6. The first-order chi connectivity index (χ1) is 12.1. The van der Waals surface area contributed by atoms with Crippen molar-refractivity contribution in [3.63, 3.8) is 0 Å². The average Bonchev–Trinajstić information content (AvgIpc) is 3.09. The van der Waals surface area contributed by atoms with Gasteiger partial charge in [0.15, 0.2) is 0 Å². The molecule has 3 rings (SSSR count). The molecule has 1 aromatic carbocycles. The molecule has 136 valence electrons. The molecule has 2 fully saturated rings. The summed E-state index contributed by atoms with van der Waals surface area (Å²) in [5.74, 6) is 0.398. The predicted octanol–water partition coefficient (Wildman–Crippen LogP) is 2.14. The Morgan fingerprint density at radius 2 is 1.84 bits per heavy atom. The minimum Gasteiger partial charge on any atom is -0.490 e. The molecule has 3 N–H and O–H groups in total. The monoisotopic (exact) mass is 345 g/mol. The molecule has 1 saturated heterocycles. The third-order valence-corrected chi connectivity index (χ3v) is 4.98.